The Morgan fingerprint density at radius 1 is 0.654 bits per heavy atom. The third-order valence-corrected chi connectivity index (χ3v) is 4.61. The lowest BCUT2D eigenvalue weighted by atomic mass is 10.1. The van der Waals surface area contributed by atoms with Crippen molar-refractivity contribution >= 4 is 0 Å². The Balaban J connectivity index is 1.97. The molecule has 0 aliphatic carbocycles. The largest absolute Gasteiger partial charge is 0.504 e. The summed E-state index contributed by atoms with van der Waals surface area (Å²) < 4.78 is 0. The molecule has 2 aromatic carbocycles. The van der Waals surface area contributed by atoms with Crippen molar-refractivity contribution in [3.8, 4) is 23.0 Å². The molecule has 0 radical (unpaired) electrons. The SMILES string of the molecule is CCN(CCN(CC)Cc1cccc(O)c1O)Cc1cccc(O)c1O. The lowest BCUT2D eigenvalue weighted by Gasteiger charge is -2.26. The highest BCUT2D eigenvalue weighted by Gasteiger charge is 2.13. The number of phenols is 4. The number of phenolic OH excluding ortho intramolecular Hbond substituents is 4. The molecule has 6 heteroatoms. The summed E-state index contributed by atoms with van der Waals surface area (Å²) in [5.41, 5.74) is 1.39. The van der Waals surface area contributed by atoms with Crippen LogP contribution in [-0.2, 0) is 13.1 Å². The number of hydrogen-bond acceptors (Lipinski definition) is 6. The highest BCUT2D eigenvalue weighted by molar-refractivity contribution is 5.44. The summed E-state index contributed by atoms with van der Waals surface area (Å²) in [5.74, 6) is -0.341. The summed E-state index contributed by atoms with van der Waals surface area (Å²) in [6.07, 6.45) is 0. The Morgan fingerprint density at radius 2 is 1.04 bits per heavy atom. The molecule has 0 heterocycles. The standard InChI is InChI=1S/C20H28N2O4/c1-3-21(13-15-7-5-9-17(23)19(15)25)11-12-22(4-2)14-16-8-6-10-18(24)20(16)26/h5-10,23-26H,3-4,11-14H2,1-2H3. The lowest BCUT2D eigenvalue weighted by Crippen LogP contribution is -2.34. The van der Waals surface area contributed by atoms with Crippen LogP contribution in [0.3, 0.4) is 0 Å². The van der Waals surface area contributed by atoms with Crippen molar-refractivity contribution < 1.29 is 20.4 Å². The molecule has 2 aromatic rings. The van der Waals surface area contributed by atoms with E-state index in [4.69, 9.17) is 0 Å². The van der Waals surface area contributed by atoms with Gasteiger partial charge in [0.25, 0.3) is 0 Å². The summed E-state index contributed by atoms with van der Waals surface area (Å²) in [4.78, 5) is 4.36. The van der Waals surface area contributed by atoms with Gasteiger partial charge in [0.1, 0.15) is 0 Å². The smallest absolute Gasteiger partial charge is 0.161 e. The maximum Gasteiger partial charge on any atom is 0.161 e. The molecule has 0 amide bonds. The predicted molar refractivity (Wildman–Crippen MR) is 101 cm³/mol. The summed E-state index contributed by atoms with van der Waals surface area (Å²) in [6, 6.07) is 9.99. The van der Waals surface area contributed by atoms with Crippen LogP contribution in [-0.4, -0.2) is 56.4 Å². The van der Waals surface area contributed by atoms with E-state index in [9.17, 15) is 20.4 Å². The van der Waals surface area contributed by atoms with Crippen LogP contribution in [0.1, 0.15) is 25.0 Å². The first-order valence-electron chi connectivity index (χ1n) is 8.90. The minimum absolute atomic E-state index is 0.0667. The number of likely N-dealkylation sites (N-methyl/N-ethyl adjacent to an activating group) is 2. The number of rotatable bonds is 9. The highest BCUT2D eigenvalue weighted by Crippen LogP contribution is 2.30. The van der Waals surface area contributed by atoms with Crippen LogP contribution in [0, 0.1) is 0 Å². The summed E-state index contributed by atoms with van der Waals surface area (Å²) in [7, 11) is 0. The third kappa shape index (κ3) is 5.03. The van der Waals surface area contributed by atoms with Gasteiger partial charge in [0.05, 0.1) is 0 Å². The topological polar surface area (TPSA) is 87.4 Å². The summed E-state index contributed by atoms with van der Waals surface area (Å²) in [5, 5.41) is 39.2. The molecule has 142 valence electrons. The van der Waals surface area contributed by atoms with E-state index in [0.29, 0.717) is 24.2 Å². The molecule has 0 saturated heterocycles. The zero-order valence-electron chi connectivity index (χ0n) is 15.4. The van der Waals surface area contributed by atoms with Gasteiger partial charge in [0.15, 0.2) is 23.0 Å². The number of benzene rings is 2. The molecule has 0 bridgehead atoms. The second-order valence-electron chi connectivity index (χ2n) is 6.31. The predicted octanol–water partition coefficient (Wildman–Crippen LogP) is 2.85. The molecular formula is C20H28N2O4. The third-order valence-electron chi connectivity index (χ3n) is 4.61. The average Bonchev–Trinajstić information content (AvgIpc) is 2.64. The molecular weight excluding hydrogens is 332 g/mol. The molecule has 0 aliphatic heterocycles. The number of aromatic hydroxyl groups is 4. The molecule has 0 aliphatic rings. The Morgan fingerprint density at radius 3 is 1.38 bits per heavy atom. The molecule has 0 aromatic heterocycles. The molecule has 0 unspecified atom stereocenters. The van der Waals surface area contributed by atoms with Crippen molar-refractivity contribution in [2.75, 3.05) is 26.2 Å². The Kier molecular flexibility index (Phi) is 7.12. The zero-order chi connectivity index (χ0) is 19.1. The quantitative estimate of drug-likeness (QED) is 0.515. The van der Waals surface area contributed by atoms with Crippen molar-refractivity contribution in [2.24, 2.45) is 0 Å². The minimum atomic E-state index is -0.104. The zero-order valence-corrected chi connectivity index (χ0v) is 15.4. The summed E-state index contributed by atoms with van der Waals surface area (Å²) in [6.45, 7) is 8.37. The van der Waals surface area contributed by atoms with E-state index in [1.807, 2.05) is 0 Å². The van der Waals surface area contributed by atoms with Crippen LogP contribution in [0.2, 0.25) is 0 Å². The fourth-order valence-electron chi connectivity index (χ4n) is 2.87. The first-order chi connectivity index (χ1) is 12.5. The molecule has 6 nitrogen and oxygen atoms in total. The second kappa shape index (κ2) is 9.31. The summed E-state index contributed by atoms with van der Waals surface area (Å²) >= 11 is 0. The average molecular weight is 360 g/mol. The van der Waals surface area contributed by atoms with E-state index < -0.39 is 0 Å². The first kappa shape index (κ1) is 19.9. The van der Waals surface area contributed by atoms with Crippen molar-refractivity contribution in [3.05, 3.63) is 47.5 Å². The van der Waals surface area contributed by atoms with Crippen molar-refractivity contribution in [1.29, 1.82) is 0 Å². The van der Waals surface area contributed by atoms with Gasteiger partial charge in [-0.25, -0.2) is 0 Å². The van der Waals surface area contributed by atoms with Crippen molar-refractivity contribution in [3.63, 3.8) is 0 Å². The van der Waals surface area contributed by atoms with E-state index >= 15 is 0 Å². The molecule has 0 spiro atoms. The van der Waals surface area contributed by atoms with E-state index in [1.54, 1.807) is 24.3 Å². The van der Waals surface area contributed by atoms with E-state index in [-0.39, 0.29) is 23.0 Å². The van der Waals surface area contributed by atoms with Gasteiger partial charge >= 0.3 is 0 Å². The molecule has 0 saturated carbocycles. The van der Waals surface area contributed by atoms with Crippen LogP contribution < -0.4 is 0 Å². The Hall–Kier alpha value is -2.44. The van der Waals surface area contributed by atoms with Gasteiger partial charge in [0, 0.05) is 37.3 Å². The van der Waals surface area contributed by atoms with Gasteiger partial charge in [-0.2, -0.15) is 0 Å². The van der Waals surface area contributed by atoms with Crippen LogP contribution >= 0.6 is 0 Å². The van der Waals surface area contributed by atoms with E-state index in [2.05, 4.69) is 23.6 Å². The molecule has 0 atom stereocenters. The second-order valence-corrected chi connectivity index (χ2v) is 6.31. The maximum absolute atomic E-state index is 9.98. The van der Waals surface area contributed by atoms with Gasteiger partial charge in [0.2, 0.25) is 0 Å². The number of para-hydroxylation sites is 2. The van der Waals surface area contributed by atoms with Crippen LogP contribution in [0.4, 0.5) is 0 Å². The molecule has 26 heavy (non-hydrogen) atoms. The van der Waals surface area contributed by atoms with Crippen molar-refractivity contribution in [2.45, 2.75) is 26.9 Å². The van der Waals surface area contributed by atoms with Gasteiger partial charge in [-0.05, 0) is 25.2 Å². The molecule has 0 fully saturated rings. The maximum atomic E-state index is 9.98. The van der Waals surface area contributed by atoms with Gasteiger partial charge < -0.3 is 20.4 Å². The molecule has 4 N–H and O–H groups in total. The van der Waals surface area contributed by atoms with Gasteiger partial charge in [-0.3, -0.25) is 9.80 Å². The minimum Gasteiger partial charge on any atom is -0.504 e. The fraction of sp³-hybridized carbons (Fsp3) is 0.400. The van der Waals surface area contributed by atoms with E-state index in [1.165, 1.54) is 12.1 Å². The lowest BCUT2D eigenvalue weighted by molar-refractivity contribution is 0.201. The van der Waals surface area contributed by atoms with Crippen molar-refractivity contribution in [1.82, 2.24) is 9.80 Å². The van der Waals surface area contributed by atoms with Gasteiger partial charge in [-0.1, -0.05) is 38.1 Å². The number of hydrogen-bond donors (Lipinski definition) is 4. The monoisotopic (exact) mass is 360 g/mol. The number of nitrogens with zero attached hydrogens (tertiary/aromatic N) is 2. The molecule has 2 rings (SSSR count). The van der Waals surface area contributed by atoms with Crippen LogP contribution in [0.5, 0.6) is 23.0 Å². The Bertz CT molecular complexity index is 659. The highest BCUT2D eigenvalue weighted by atomic mass is 16.3. The van der Waals surface area contributed by atoms with Crippen LogP contribution in [0.25, 0.3) is 0 Å². The fourth-order valence-corrected chi connectivity index (χ4v) is 2.87. The van der Waals surface area contributed by atoms with E-state index in [0.717, 1.165) is 26.2 Å². The van der Waals surface area contributed by atoms with Gasteiger partial charge in [-0.15, -0.1) is 0 Å². The first-order valence-corrected chi connectivity index (χ1v) is 8.90. The van der Waals surface area contributed by atoms with Crippen LogP contribution in [0.15, 0.2) is 36.4 Å². The Labute approximate surface area is 154 Å². The normalized spacial score (nSPS) is 11.4.